The van der Waals surface area contributed by atoms with Crippen LogP contribution in [0.5, 0.6) is 5.75 Å². The minimum atomic E-state index is -0.296. The zero-order chi connectivity index (χ0) is 18.6. The summed E-state index contributed by atoms with van der Waals surface area (Å²) in [5.41, 5.74) is 4.22. The van der Waals surface area contributed by atoms with Gasteiger partial charge in [-0.1, -0.05) is 43.5 Å². The van der Waals surface area contributed by atoms with E-state index >= 15 is 0 Å². The SMILES string of the molecule is C=C1NC(=O)SC1(C)Cc1ccc(OCCc2ccc(CC)cn2)cc1. The molecule has 1 amide bonds. The molecule has 26 heavy (non-hydrogen) atoms. The highest BCUT2D eigenvalue weighted by atomic mass is 32.2. The summed E-state index contributed by atoms with van der Waals surface area (Å²) in [4.78, 5) is 16.0. The van der Waals surface area contributed by atoms with Crippen molar-refractivity contribution in [3.63, 3.8) is 0 Å². The maximum atomic E-state index is 11.6. The lowest BCUT2D eigenvalue weighted by Crippen LogP contribution is -2.25. The van der Waals surface area contributed by atoms with Crippen LogP contribution in [0.4, 0.5) is 4.79 Å². The largest absolute Gasteiger partial charge is 0.493 e. The van der Waals surface area contributed by atoms with E-state index in [-0.39, 0.29) is 9.99 Å². The van der Waals surface area contributed by atoms with Gasteiger partial charge in [0.25, 0.3) is 5.24 Å². The Morgan fingerprint density at radius 2 is 1.92 bits per heavy atom. The van der Waals surface area contributed by atoms with Crippen LogP contribution in [0.1, 0.15) is 30.7 Å². The van der Waals surface area contributed by atoms with Gasteiger partial charge in [-0.2, -0.15) is 0 Å². The summed E-state index contributed by atoms with van der Waals surface area (Å²) in [6, 6.07) is 12.2. The summed E-state index contributed by atoms with van der Waals surface area (Å²) in [6.45, 7) is 8.73. The molecular formula is C21H24N2O2S. The van der Waals surface area contributed by atoms with E-state index in [1.807, 2.05) is 37.4 Å². The zero-order valence-corrected chi connectivity index (χ0v) is 16.1. The first-order valence-electron chi connectivity index (χ1n) is 8.83. The minimum Gasteiger partial charge on any atom is -0.493 e. The summed E-state index contributed by atoms with van der Waals surface area (Å²) in [5, 5.41) is 2.76. The van der Waals surface area contributed by atoms with Gasteiger partial charge in [0.05, 0.1) is 11.4 Å². The highest BCUT2D eigenvalue weighted by molar-refractivity contribution is 8.15. The maximum absolute atomic E-state index is 11.6. The fourth-order valence-corrected chi connectivity index (χ4v) is 3.87. The number of aryl methyl sites for hydroxylation is 1. The number of aromatic nitrogens is 1. The molecule has 1 fully saturated rings. The number of thioether (sulfide) groups is 1. The highest BCUT2D eigenvalue weighted by Gasteiger charge is 2.38. The Morgan fingerprint density at radius 1 is 1.19 bits per heavy atom. The average molecular weight is 369 g/mol. The summed E-state index contributed by atoms with van der Waals surface area (Å²) >= 11 is 1.30. The van der Waals surface area contributed by atoms with Crippen molar-refractivity contribution in [3.05, 3.63) is 71.7 Å². The van der Waals surface area contributed by atoms with Gasteiger partial charge in [-0.3, -0.25) is 9.78 Å². The molecule has 1 N–H and O–H groups in total. The van der Waals surface area contributed by atoms with E-state index in [0.29, 0.717) is 6.61 Å². The number of hydrogen-bond acceptors (Lipinski definition) is 4. The number of amides is 1. The topological polar surface area (TPSA) is 51.2 Å². The Balaban J connectivity index is 1.51. The van der Waals surface area contributed by atoms with Gasteiger partial charge in [-0.15, -0.1) is 0 Å². The highest BCUT2D eigenvalue weighted by Crippen LogP contribution is 2.39. The third kappa shape index (κ3) is 4.47. The van der Waals surface area contributed by atoms with Crippen molar-refractivity contribution in [2.24, 2.45) is 0 Å². The van der Waals surface area contributed by atoms with E-state index in [1.165, 1.54) is 17.3 Å². The van der Waals surface area contributed by atoms with Gasteiger partial charge in [0.2, 0.25) is 0 Å². The van der Waals surface area contributed by atoms with Gasteiger partial charge < -0.3 is 10.1 Å². The number of rotatable bonds is 7. The Bertz CT molecular complexity index is 787. The van der Waals surface area contributed by atoms with Crippen LogP contribution in [-0.2, 0) is 19.3 Å². The van der Waals surface area contributed by atoms with Crippen molar-refractivity contribution in [1.82, 2.24) is 10.3 Å². The van der Waals surface area contributed by atoms with Crippen LogP contribution in [0.3, 0.4) is 0 Å². The molecule has 2 aromatic rings. The van der Waals surface area contributed by atoms with Crippen LogP contribution in [0.15, 0.2) is 54.9 Å². The summed E-state index contributed by atoms with van der Waals surface area (Å²) in [5.74, 6) is 0.844. The second-order valence-electron chi connectivity index (χ2n) is 6.65. The molecule has 1 aliphatic rings. The molecule has 0 radical (unpaired) electrons. The van der Waals surface area contributed by atoms with E-state index in [1.54, 1.807) is 0 Å². The Kier molecular flexibility index (Phi) is 5.67. The predicted octanol–water partition coefficient (Wildman–Crippen LogP) is 4.54. The van der Waals surface area contributed by atoms with Crippen LogP contribution in [0.2, 0.25) is 0 Å². The second kappa shape index (κ2) is 7.96. The van der Waals surface area contributed by atoms with Gasteiger partial charge in [0.15, 0.2) is 0 Å². The van der Waals surface area contributed by atoms with Crippen molar-refractivity contribution < 1.29 is 9.53 Å². The standard InChI is InChI=1S/C21H24N2O2S/c1-4-16-5-8-18(22-14-16)11-12-25-19-9-6-17(7-10-19)13-21(3)15(2)23-20(24)26-21/h5-10,14H,2,4,11-13H2,1,3H3,(H,23,24). The first kappa shape index (κ1) is 18.5. The molecule has 5 heteroatoms. The number of carbonyl (C=O) groups is 1. The number of pyridine rings is 1. The van der Waals surface area contributed by atoms with Crippen LogP contribution in [0, 0.1) is 0 Å². The molecule has 0 spiro atoms. The normalized spacial score (nSPS) is 19.5. The quantitative estimate of drug-likeness (QED) is 0.780. The second-order valence-corrected chi connectivity index (χ2v) is 8.13. The molecule has 1 aliphatic heterocycles. The van der Waals surface area contributed by atoms with Gasteiger partial charge in [-0.05, 0) is 49.1 Å². The molecule has 1 aromatic heterocycles. The van der Waals surface area contributed by atoms with Gasteiger partial charge in [0, 0.05) is 24.0 Å². The van der Waals surface area contributed by atoms with Crippen LogP contribution >= 0.6 is 11.8 Å². The lowest BCUT2D eigenvalue weighted by atomic mass is 9.97. The Hall–Kier alpha value is -2.27. The zero-order valence-electron chi connectivity index (χ0n) is 15.2. The number of carbonyl (C=O) groups excluding carboxylic acids is 1. The van der Waals surface area contributed by atoms with E-state index < -0.39 is 0 Å². The lowest BCUT2D eigenvalue weighted by molar-refractivity contribution is 0.263. The maximum Gasteiger partial charge on any atom is 0.284 e. The summed E-state index contributed by atoms with van der Waals surface area (Å²) < 4.78 is 5.53. The number of hydrogen-bond donors (Lipinski definition) is 1. The van der Waals surface area contributed by atoms with E-state index in [0.717, 1.165) is 42.0 Å². The molecule has 136 valence electrons. The molecule has 2 heterocycles. The molecule has 1 saturated heterocycles. The number of nitrogens with zero attached hydrogens (tertiary/aromatic N) is 1. The van der Waals surface area contributed by atoms with Gasteiger partial charge >= 0.3 is 0 Å². The monoisotopic (exact) mass is 368 g/mol. The van der Waals surface area contributed by atoms with Gasteiger partial charge in [-0.25, -0.2) is 0 Å². The first-order valence-corrected chi connectivity index (χ1v) is 9.65. The average Bonchev–Trinajstić information content (AvgIpc) is 2.88. The molecule has 1 atom stereocenters. The summed E-state index contributed by atoms with van der Waals surface area (Å²) in [6.07, 6.45) is 4.47. The molecule has 1 aromatic carbocycles. The molecule has 0 saturated carbocycles. The van der Waals surface area contributed by atoms with Crippen molar-refractivity contribution in [2.45, 2.75) is 37.9 Å². The molecule has 0 aliphatic carbocycles. The Labute approximate surface area is 159 Å². The molecule has 0 bridgehead atoms. The van der Waals surface area contributed by atoms with E-state index in [2.05, 4.69) is 35.9 Å². The lowest BCUT2D eigenvalue weighted by Gasteiger charge is -2.22. The first-order chi connectivity index (χ1) is 12.5. The molecule has 1 unspecified atom stereocenters. The third-order valence-corrected chi connectivity index (χ3v) is 5.72. The Morgan fingerprint density at radius 3 is 2.50 bits per heavy atom. The van der Waals surface area contributed by atoms with Crippen molar-refractivity contribution >= 4 is 17.0 Å². The molecular weight excluding hydrogens is 344 g/mol. The fourth-order valence-electron chi connectivity index (χ4n) is 2.87. The van der Waals surface area contributed by atoms with E-state index in [4.69, 9.17) is 4.74 Å². The third-order valence-electron chi connectivity index (χ3n) is 4.60. The molecule has 4 nitrogen and oxygen atoms in total. The number of ether oxygens (including phenoxy) is 1. The summed E-state index contributed by atoms with van der Waals surface area (Å²) in [7, 11) is 0. The smallest absolute Gasteiger partial charge is 0.284 e. The van der Waals surface area contributed by atoms with Crippen molar-refractivity contribution in [3.8, 4) is 5.75 Å². The van der Waals surface area contributed by atoms with Crippen molar-refractivity contribution in [2.75, 3.05) is 6.61 Å². The number of nitrogens with one attached hydrogen (secondary N) is 1. The fraction of sp³-hybridized carbons (Fsp3) is 0.333. The minimum absolute atomic E-state index is 0.0296. The van der Waals surface area contributed by atoms with Crippen molar-refractivity contribution in [1.29, 1.82) is 0 Å². The van der Waals surface area contributed by atoms with Gasteiger partial charge in [0.1, 0.15) is 5.75 Å². The molecule has 3 rings (SSSR count). The van der Waals surface area contributed by atoms with Crippen LogP contribution < -0.4 is 10.1 Å². The predicted molar refractivity (Wildman–Crippen MR) is 107 cm³/mol. The van der Waals surface area contributed by atoms with Crippen LogP contribution in [-0.4, -0.2) is 21.6 Å². The van der Waals surface area contributed by atoms with Crippen LogP contribution in [0.25, 0.3) is 0 Å². The van der Waals surface area contributed by atoms with E-state index in [9.17, 15) is 4.79 Å². The number of benzene rings is 1.